The Labute approximate surface area is 236 Å². The summed E-state index contributed by atoms with van der Waals surface area (Å²) < 4.78 is 26.5. The quantitative estimate of drug-likeness (QED) is 0.196. The Morgan fingerprint density at radius 3 is 1.49 bits per heavy atom. The van der Waals surface area contributed by atoms with Gasteiger partial charge in [-0.2, -0.15) is 0 Å². The van der Waals surface area contributed by atoms with Crippen LogP contribution in [0.2, 0.25) is 0 Å². The second kappa shape index (κ2) is 13.9. The van der Waals surface area contributed by atoms with Crippen LogP contribution in [0.1, 0.15) is 29.2 Å². The molecule has 1 heterocycles. The fourth-order valence-electron chi connectivity index (χ4n) is 4.71. The second-order valence-corrected chi connectivity index (χ2v) is 11.1. The molecule has 0 aromatic heterocycles. The van der Waals surface area contributed by atoms with Crippen LogP contribution in [0.25, 0.3) is 0 Å². The van der Waals surface area contributed by atoms with Gasteiger partial charge >= 0.3 is 0 Å². The molecule has 1 aliphatic heterocycles. The van der Waals surface area contributed by atoms with Crippen LogP contribution in [-0.2, 0) is 38.8 Å². The number of aryl methyl sites for hydroxylation is 1. The second-order valence-electron chi connectivity index (χ2n) is 9.92. The number of rotatable bonds is 11. The summed E-state index contributed by atoms with van der Waals surface area (Å²) in [5.74, 6) is 0. The molecule has 4 aromatic carbocycles. The van der Waals surface area contributed by atoms with E-state index in [-0.39, 0.29) is 29.9 Å². The summed E-state index contributed by atoms with van der Waals surface area (Å²) in [5.41, 5.74) is 4.31. The Morgan fingerprint density at radius 1 is 0.564 bits per heavy atom. The van der Waals surface area contributed by atoms with Crippen LogP contribution in [0, 0.1) is 6.92 Å². The predicted octanol–water partition coefficient (Wildman–Crippen LogP) is 7.59. The van der Waals surface area contributed by atoms with Crippen LogP contribution in [0.3, 0.4) is 0 Å². The highest BCUT2D eigenvalue weighted by molar-refractivity contribution is 7.99. The van der Waals surface area contributed by atoms with E-state index < -0.39 is 0 Å². The largest absolute Gasteiger partial charge is 0.368 e. The Morgan fingerprint density at radius 2 is 1.00 bits per heavy atom. The Balaban J connectivity index is 1.42. The highest BCUT2D eigenvalue weighted by atomic mass is 32.2. The molecule has 4 nitrogen and oxygen atoms in total. The summed E-state index contributed by atoms with van der Waals surface area (Å²) in [6.07, 6.45) is -1.17. The van der Waals surface area contributed by atoms with Gasteiger partial charge in [-0.25, -0.2) is 0 Å². The van der Waals surface area contributed by atoms with Gasteiger partial charge < -0.3 is 18.9 Å². The van der Waals surface area contributed by atoms with E-state index in [9.17, 15) is 0 Å². The Bertz CT molecular complexity index is 1250. The van der Waals surface area contributed by atoms with Gasteiger partial charge in [-0.1, -0.05) is 120 Å². The van der Waals surface area contributed by atoms with Crippen LogP contribution in [0.4, 0.5) is 0 Å². The van der Waals surface area contributed by atoms with Crippen molar-refractivity contribution in [1.82, 2.24) is 0 Å². The maximum Gasteiger partial charge on any atom is 0.136 e. The zero-order valence-electron chi connectivity index (χ0n) is 22.5. The topological polar surface area (TPSA) is 36.9 Å². The molecule has 0 spiro atoms. The molecule has 0 bridgehead atoms. The van der Waals surface area contributed by atoms with Crippen molar-refractivity contribution in [1.29, 1.82) is 0 Å². The summed E-state index contributed by atoms with van der Waals surface area (Å²) in [7, 11) is 0. The minimum atomic E-state index is -0.350. The van der Waals surface area contributed by atoms with E-state index in [1.54, 1.807) is 11.8 Å². The molecule has 0 amide bonds. The average molecular weight is 541 g/mol. The maximum absolute atomic E-state index is 6.69. The first-order chi connectivity index (χ1) is 19.2. The lowest BCUT2D eigenvalue weighted by molar-refractivity contribution is -0.242. The molecule has 1 saturated heterocycles. The number of thioether (sulfide) groups is 1. The van der Waals surface area contributed by atoms with E-state index >= 15 is 0 Å². The molecule has 5 rings (SSSR count). The van der Waals surface area contributed by atoms with Crippen LogP contribution < -0.4 is 0 Å². The van der Waals surface area contributed by atoms with E-state index in [0.29, 0.717) is 19.8 Å². The van der Waals surface area contributed by atoms with Crippen molar-refractivity contribution in [2.45, 2.75) is 68.4 Å². The zero-order valence-corrected chi connectivity index (χ0v) is 23.3. The van der Waals surface area contributed by atoms with E-state index in [2.05, 4.69) is 74.5 Å². The van der Waals surface area contributed by atoms with Gasteiger partial charge in [0.1, 0.15) is 23.7 Å². The van der Waals surface area contributed by atoms with E-state index in [0.717, 1.165) is 21.6 Å². The lowest BCUT2D eigenvalue weighted by Gasteiger charge is -2.45. The third-order valence-electron chi connectivity index (χ3n) is 6.86. The average Bonchev–Trinajstić information content (AvgIpc) is 2.98. The molecule has 5 heteroatoms. The highest BCUT2D eigenvalue weighted by Crippen LogP contribution is 2.38. The molecule has 0 aliphatic carbocycles. The van der Waals surface area contributed by atoms with Crippen molar-refractivity contribution in [2.24, 2.45) is 0 Å². The summed E-state index contributed by atoms with van der Waals surface area (Å²) in [6, 6.07) is 39.3. The first-order valence-electron chi connectivity index (χ1n) is 13.5. The van der Waals surface area contributed by atoms with Gasteiger partial charge in [0.05, 0.1) is 25.9 Å². The molecular weight excluding hydrogens is 504 g/mol. The first kappa shape index (κ1) is 27.6. The molecule has 0 N–H and O–H groups in total. The van der Waals surface area contributed by atoms with Crippen molar-refractivity contribution < 1.29 is 18.9 Å². The third-order valence-corrected chi connectivity index (χ3v) is 8.01. The Hall–Kier alpha value is -2.93. The fraction of sp³-hybridized carbons (Fsp3) is 0.294. The lowest BCUT2D eigenvalue weighted by Crippen LogP contribution is -2.58. The summed E-state index contributed by atoms with van der Waals surface area (Å²) in [4.78, 5) is 1.14. The summed E-state index contributed by atoms with van der Waals surface area (Å²) >= 11 is 1.68. The molecule has 0 unspecified atom stereocenters. The fourth-order valence-corrected chi connectivity index (χ4v) is 5.87. The van der Waals surface area contributed by atoms with Gasteiger partial charge in [-0.15, -0.1) is 0 Å². The monoisotopic (exact) mass is 540 g/mol. The normalized spacial score (nSPS) is 23.0. The van der Waals surface area contributed by atoms with Crippen molar-refractivity contribution in [2.75, 3.05) is 0 Å². The van der Waals surface area contributed by atoms with E-state index in [1.807, 2.05) is 54.6 Å². The van der Waals surface area contributed by atoms with Crippen molar-refractivity contribution in [3.8, 4) is 0 Å². The van der Waals surface area contributed by atoms with E-state index in [1.165, 1.54) is 5.56 Å². The van der Waals surface area contributed by atoms with Crippen LogP contribution >= 0.6 is 11.8 Å². The molecule has 1 fully saturated rings. The number of hydrogen-bond donors (Lipinski definition) is 0. The van der Waals surface area contributed by atoms with Gasteiger partial charge in [0.15, 0.2) is 0 Å². The smallest absolute Gasteiger partial charge is 0.136 e. The number of ether oxygens (including phenoxy) is 4. The van der Waals surface area contributed by atoms with Crippen molar-refractivity contribution in [3.63, 3.8) is 0 Å². The predicted molar refractivity (Wildman–Crippen MR) is 156 cm³/mol. The van der Waals surface area contributed by atoms with Crippen LogP contribution in [0.15, 0.2) is 120 Å². The first-order valence-corrected chi connectivity index (χ1v) is 14.4. The third kappa shape index (κ3) is 7.81. The van der Waals surface area contributed by atoms with Crippen molar-refractivity contribution in [3.05, 3.63) is 138 Å². The molecule has 0 radical (unpaired) electrons. The van der Waals surface area contributed by atoms with E-state index in [4.69, 9.17) is 18.9 Å². The molecule has 1 aliphatic rings. The van der Waals surface area contributed by atoms with Gasteiger partial charge in [-0.3, -0.25) is 0 Å². The van der Waals surface area contributed by atoms with Gasteiger partial charge in [0.25, 0.3) is 0 Å². The van der Waals surface area contributed by atoms with Crippen LogP contribution in [-0.4, -0.2) is 29.9 Å². The molecule has 0 saturated carbocycles. The van der Waals surface area contributed by atoms with Crippen molar-refractivity contribution >= 4 is 11.8 Å². The molecular formula is C34H36O4S. The summed E-state index contributed by atoms with van der Waals surface area (Å²) in [6.45, 7) is 5.58. The molecule has 202 valence electrons. The van der Waals surface area contributed by atoms with Gasteiger partial charge in [-0.05, 0) is 42.7 Å². The van der Waals surface area contributed by atoms with Gasteiger partial charge in [0.2, 0.25) is 0 Å². The maximum atomic E-state index is 6.69. The highest BCUT2D eigenvalue weighted by Gasteiger charge is 2.47. The minimum Gasteiger partial charge on any atom is -0.368 e. The zero-order chi connectivity index (χ0) is 26.9. The lowest BCUT2D eigenvalue weighted by atomic mass is 9.99. The van der Waals surface area contributed by atoms with Gasteiger partial charge in [0, 0.05) is 4.90 Å². The Kier molecular flexibility index (Phi) is 9.86. The number of benzene rings is 4. The minimum absolute atomic E-state index is 0.186. The summed E-state index contributed by atoms with van der Waals surface area (Å²) in [5, 5.41) is 0. The van der Waals surface area contributed by atoms with Crippen LogP contribution in [0.5, 0.6) is 0 Å². The SMILES string of the molecule is Cc1ccc(S[C@H]2O[C@@H](C)[C@@H](OCc3ccccc3)[C@H](OCc3ccccc3)[C@@H]2OCc2ccccc2)cc1. The molecule has 4 aromatic rings. The molecule has 39 heavy (non-hydrogen) atoms. The number of hydrogen-bond acceptors (Lipinski definition) is 5. The molecule has 5 atom stereocenters. The standard InChI is InChI=1S/C34H36O4S/c1-25-18-20-30(21-19-25)39-34-33(37-24-29-16-10-5-11-17-29)32(36-23-28-14-8-4-9-15-28)31(26(2)38-34)35-22-27-12-6-3-7-13-27/h3-21,26,31-34H,22-24H2,1-2H3/t26-,31+,32-,33-,34+/m0/s1.